The number of anilines is 2. The Morgan fingerprint density at radius 1 is 1.16 bits per heavy atom. The summed E-state index contributed by atoms with van der Waals surface area (Å²) in [6, 6.07) is 4.93. The van der Waals surface area contributed by atoms with Gasteiger partial charge in [-0.05, 0) is 30.7 Å². The maximum atomic E-state index is 12.3. The van der Waals surface area contributed by atoms with E-state index in [-0.39, 0.29) is 5.03 Å². The molecule has 0 fully saturated rings. The summed E-state index contributed by atoms with van der Waals surface area (Å²) in [5.41, 5.74) is 1.68. The molecular formula is C12H14N4O2S. The van der Waals surface area contributed by atoms with Gasteiger partial charge in [-0.25, -0.2) is 4.98 Å². The zero-order chi connectivity index (χ0) is 13.9. The van der Waals surface area contributed by atoms with Gasteiger partial charge in [0.05, 0.1) is 11.4 Å². The lowest BCUT2D eigenvalue weighted by atomic mass is 10.3. The summed E-state index contributed by atoms with van der Waals surface area (Å²) in [6.07, 6.45) is 4.56. The minimum atomic E-state index is -3.73. The van der Waals surface area contributed by atoms with E-state index < -0.39 is 10.0 Å². The topological polar surface area (TPSA) is 84.0 Å². The number of pyridine rings is 2. The monoisotopic (exact) mass is 278 g/mol. The molecule has 0 aliphatic carbocycles. The van der Waals surface area contributed by atoms with E-state index in [1.54, 1.807) is 38.4 Å². The minimum absolute atomic E-state index is 0.0336. The molecule has 2 aromatic rings. The average Bonchev–Trinajstić information content (AvgIpc) is 2.41. The first kappa shape index (κ1) is 13.3. The fourth-order valence-corrected chi connectivity index (χ4v) is 2.85. The third-order valence-corrected chi connectivity index (χ3v) is 3.88. The molecule has 0 bridgehead atoms. The quantitative estimate of drug-likeness (QED) is 0.888. The van der Waals surface area contributed by atoms with Gasteiger partial charge in [-0.1, -0.05) is 0 Å². The lowest BCUT2D eigenvalue weighted by Gasteiger charge is -2.12. The van der Waals surface area contributed by atoms with Crippen molar-refractivity contribution in [2.75, 3.05) is 17.1 Å². The Morgan fingerprint density at radius 3 is 2.63 bits per heavy atom. The summed E-state index contributed by atoms with van der Waals surface area (Å²) in [7, 11) is -2.08. The molecule has 0 radical (unpaired) electrons. The van der Waals surface area contributed by atoms with Crippen molar-refractivity contribution in [1.82, 2.24) is 9.97 Å². The Bertz CT molecular complexity index is 686. The molecule has 0 amide bonds. The van der Waals surface area contributed by atoms with E-state index in [1.165, 1.54) is 12.4 Å². The third kappa shape index (κ3) is 2.82. The second kappa shape index (κ2) is 5.23. The van der Waals surface area contributed by atoms with Crippen LogP contribution in [0.1, 0.15) is 5.56 Å². The van der Waals surface area contributed by atoms with Gasteiger partial charge in [0.1, 0.15) is 0 Å². The third-order valence-electron chi connectivity index (χ3n) is 2.56. The zero-order valence-electron chi connectivity index (χ0n) is 10.6. The van der Waals surface area contributed by atoms with Gasteiger partial charge in [-0.2, -0.15) is 8.42 Å². The first-order valence-electron chi connectivity index (χ1n) is 5.61. The van der Waals surface area contributed by atoms with Crippen LogP contribution in [0, 0.1) is 6.92 Å². The summed E-state index contributed by atoms with van der Waals surface area (Å²) >= 11 is 0. The number of nitrogens with zero attached hydrogens (tertiary/aromatic N) is 2. The van der Waals surface area contributed by atoms with Crippen LogP contribution in [0.2, 0.25) is 0 Å². The summed E-state index contributed by atoms with van der Waals surface area (Å²) in [4.78, 5) is 7.84. The highest BCUT2D eigenvalue weighted by atomic mass is 32.2. The van der Waals surface area contributed by atoms with Crippen molar-refractivity contribution < 1.29 is 8.42 Å². The summed E-state index contributed by atoms with van der Waals surface area (Å²) < 4.78 is 27.1. The number of nitrogens with one attached hydrogen (secondary N) is 2. The number of hydrogen-bond acceptors (Lipinski definition) is 5. The Kier molecular flexibility index (Phi) is 3.66. The zero-order valence-corrected chi connectivity index (χ0v) is 11.4. The highest BCUT2D eigenvalue weighted by molar-refractivity contribution is 7.92. The number of aromatic nitrogens is 2. The number of aryl methyl sites for hydroxylation is 1. The van der Waals surface area contributed by atoms with Crippen molar-refractivity contribution in [3.05, 3.63) is 42.4 Å². The Morgan fingerprint density at radius 2 is 1.95 bits per heavy atom. The van der Waals surface area contributed by atoms with E-state index in [0.29, 0.717) is 11.4 Å². The van der Waals surface area contributed by atoms with Crippen molar-refractivity contribution >= 4 is 21.4 Å². The lowest BCUT2D eigenvalue weighted by molar-refractivity contribution is 0.598. The Hall–Kier alpha value is -2.15. The maximum absolute atomic E-state index is 12.3. The Balaban J connectivity index is 2.41. The largest absolute Gasteiger partial charge is 0.386 e. The molecule has 0 aliphatic heterocycles. The molecule has 2 aromatic heterocycles. The predicted octanol–water partition coefficient (Wildman–Crippen LogP) is 1.63. The summed E-state index contributed by atoms with van der Waals surface area (Å²) in [6.45, 7) is 1.78. The van der Waals surface area contributed by atoms with Crippen LogP contribution in [0.3, 0.4) is 0 Å². The SMILES string of the molecule is CNc1cccnc1S(=O)(=O)Nc1ccncc1C. The standard InChI is InChI=1S/C12H14N4O2S/c1-9-8-14-7-5-10(9)16-19(17,18)12-11(13-2)4-3-6-15-12/h3-8,13H,1-2H3,(H,14,16). The van der Waals surface area contributed by atoms with Crippen LogP contribution < -0.4 is 10.0 Å². The molecule has 2 heterocycles. The van der Waals surface area contributed by atoms with Crippen LogP contribution in [0.5, 0.6) is 0 Å². The molecule has 6 nitrogen and oxygen atoms in total. The molecular weight excluding hydrogens is 264 g/mol. The van der Waals surface area contributed by atoms with Crippen LogP contribution in [0.15, 0.2) is 41.8 Å². The second-order valence-electron chi connectivity index (χ2n) is 3.90. The van der Waals surface area contributed by atoms with E-state index in [4.69, 9.17) is 0 Å². The molecule has 0 saturated heterocycles. The molecule has 19 heavy (non-hydrogen) atoms. The van der Waals surface area contributed by atoms with Gasteiger partial charge in [0.15, 0.2) is 5.03 Å². The van der Waals surface area contributed by atoms with Crippen LogP contribution in [-0.4, -0.2) is 25.4 Å². The molecule has 0 aliphatic rings. The molecule has 7 heteroatoms. The normalized spacial score (nSPS) is 11.1. The van der Waals surface area contributed by atoms with Gasteiger partial charge in [-0.15, -0.1) is 0 Å². The van der Waals surface area contributed by atoms with Gasteiger partial charge in [-0.3, -0.25) is 9.71 Å². The molecule has 0 saturated carbocycles. The van der Waals surface area contributed by atoms with Gasteiger partial charge in [0.2, 0.25) is 0 Å². The first-order chi connectivity index (χ1) is 9.04. The van der Waals surface area contributed by atoms with Crippen molar-refractivity contribution in [1.29, 1.82) is 0 Å². The minimum Gasteiger partial charge on any atom is -0.386 e. The van der Waals surface area contributed by atoms with Crippen LogP contribution in [0.25, 0.3) is 0 Å². The van der Waals surface area contributed by atoms with Crippen molar-refractivity contribution in [3.63, 3.8) is 0 Å². The number of hydrogen-bond donors (Lipinski definition) is 2. The summed E-state index contributed by atoms with van der Waals surface area (Å²) in [5, 5.41) is 2.77. The van der Waals surface area contributed by atoms with Crippen LogP contribution in [-0.2, 0) is 10.0 Å². The van der Waals surface area contributed by atoms with E-state index in [9.17, 15) is 8.42 Å². The van der Waals surface area contributed by atoms with Gasteiger partial charge in [0, 0.05) is 25.6 Å². The average molecular weight is 278 g/mol. The summed E-state index contributed by atoms with van der Waals surface area (Å²) in [5.74, 6) is 0. The highest BCUT2D eigenvalue weighted by Gasteiger charge is 2.20. The number of sulfonamides is 1. The van der Waals surface area contributed by atoms with E-state index in [1.807, 2.05) is 0 Å². The van der Waals surface area contributed by atoms with Gasteiger partial charge >= 0.3 is 0 Å². The molecule has 100 valence electrons. The predicted molar refractivity (Wildman–Crippen MR) is 73.6 cm³/mol. The maximum Gasteiger partial charge on any atom is 0.281 e. The molecule has 0 atom stereocenters. The van der Waals surface area contributed by atoms with Crippen LogP contribution in [0.4, 0.5) is 11.4 Å². The highest BCUT2D eigenvalue weighted by Crippen LogP contribution is 2.22. The van der Waals surface area contributed by atoms with Crippen molar-refractivity contribution in [2.24, 2.45) is 0 Å². The Labute approximate surface area is 112 Å². The fourth-order valence-electron chi connectivity index (χ4n) is 1.58. The fraction of sp³-hybridized carbons (Fsp3) is 0.167. The van der Waals surface area contributed by atoms with E-state index >= 15 is 0 Å². The smallest absolute Gasteiger partial charge is 0.281 e. The molecule has 0 spiro atoms. The molecule has 2 rings (SSSR count). The molecule has 0 unspecified atom stereocenters. The van der Waals surface area contributed by atoms with E-state index in [2.05, 4.69) is 20.0 Å². The molecule has 2 N–H and O–H groups in total. The lowest BCUT2D eigenvalue weighted by Crippen LogP contribution is -2.17. The first-order valence-corrected chi connectivity index (χ1v) is 7.09. The van der Waals surface area contributed by atoms with Crippen molar-refractivity contribution in [2.45, 2.75) is 11.9 Å². The van der Waals surface area contributed by atoms with Crippen molar-refractivity contribution in [3.8, 4) is 0 Å². The van der Waals surface area contributed by atoms with Gasteiger partial charge < -0.3 is 5.32 Å². The van der Waals surface area contributed by atoms with Crippen LogP contribution >= 0.6 is 0 Å². The number of rotatable bonds is 4. The van der Waals surface area contributed by atoms with E-state index in [0.717, 1.165) is 5.56 Å². The molecule has 0 aromatic carbocycles. The van der Waals surface area contributed by atoms with Gasteiger partial charge in [0.25, 0.3) is 10.0 Å². The second-order valence-corrected chi connectivity index (χ2v) is 5.50.